The Morgan fingerprint density at radius 3 is 2.69 bits per heavy atom. The fourth-order valence-electron chi connectivity index (χ4n) is 2.93. The SMILES string of the molecule is CCCN(C(=O)c1cnccc1Oc1cc(Cl)ccc1Cl)c1ccccc1NC. The number of para-hydroxylation sites is 2. The van der Waals surface area contributed by atoms with Gasteiger partial charge in [0.15, 0.2) is 0 Å². The van der Waals surface area contributed by atoms with E-state index in [1.807, 2.05) is 38.2 Å². The highest BCUT2D eigenvalue weighted by Crippen LogP contribution is 2.34. The second-order valence-electron chi connectivity index (χ2n) is 6.27. The predicted molar refractivity (Wildman–Crippen MR) is 119 cm³/mol. The summed E-state index contributed by atoms with van der Waals surface area (Å²) in [6, 6.07) is 14.2. The lowest BCUT2D eigenvalue weighted by Crippen LogP contribution is -2.32. The third-order valence-electron chi connectivity index (χ3n) is 4.28. The van der Waals surface area contributed by atoms with Crippen molar-refractivity contribution in [3.8, 4) is 11.5 Å². The van der Waals surface area contributed by atoms with Gasteiger partial charge in [0.25, 0.3) is 5.91 Å². The molecule has 0 atom stereocenters. The molecule has 0 aliphatic carbocycles. The Labute approximate surface area is 180 Å². The van der Waals surface area contributed by atoms with Crippen molar-refractivity contribution in [1.29, 1.82) is 0 Å². The van der Waals surface area contributed by atoms with Gasteiger partial charge in [-0.15, -0.1) is 0 Å². The number of hydrogen-bond acceptors (Lipinski definition) is 4. The predicted octanol–water partition coefficient (Wildman–Crippen LogP) is 6.28. The van der Waals surface area contributed by atoms with Gasteiger partial charge in [-0.2, -0.15) is 0 Å². The quantitative estimate of drug-likeness (QED) is 0.479. The Bertz CT molecular complexity index is 1010. The third-order valence-corrected chi connectivity index (χ3v) is 4.83. The molecule has 0 unspecified atom stereocenters. The Kier molecular flexibility index (Phi) is 6.96. The number of nitrogens with one attached hydrogen (secondary N) is 1. The van der Waals surface area contributed by atoms with Gasteiger partial charge in [0.1, 0.15) is 17.1 Å². The van der Waals surface area contributed by atoms with Gasteiger partial charge in [0.05, 0.1) is 16.4 Å². The van der Waals surface area contributed by atoms with E-state index in [0.29, 0.717) is 33.7 Å². The molecule has 0 radical (unpaired) electrons. The van der Waals surface area contributed by atoms with E-state index < -0.39 is 0 Å². The van der Waals surface area contributed by atoms with Gasteiger partial charge >= 0.3 is 0 Å². The average molecular weight is 430 g/mol. The van der Waals surface area contributed by atoms with Crippen molar-refractivity contribution in [3.05, 3.63) is 76.5 Å². The molecule has 1 heterocycles. The normalized spacial score (nSPS) is 10.5. The number of pyridine rings is 1. The molecule has 29 heavy (non-hydrogen) atoms. The number of benzene rings is 2. The number of ether oxygens (including phenoxy) is 1. The Morgan fingerprint density at radius 1 is 1.14 bits per heavy atom. The second-order valence-corrected chi connectivity index (χ2v) is 7.12. The van der Waals surface area contributed by atoms with Gasteiger partial charge < -0.3 is 15.0 Å². The molecule has 3 aromatic rings. The Balaban J connectivity index is 2.00. The molecule has 0 aliphatic heterocycles. The number of anilines is 2. The van der Waals surface area contributed by atoms with E-state index in [9.17, 15) is 4.79 Å². The highest BCUT2D eigenvalue weighted by molar-refractivity contribution is 6.34. The zero-order chi connectivity index (χ0) is 20.8. The summed E-state index contributed by atoms with van der Waals surface area (Å²) >= 11 is 12.3. The minimum atomic E-state index is -0.212. The number of nitrogens with zero attached hydrogens (tertiary/aromatic N) is 2. The highest BCUT2D eigenvalue weighted by Gasteiger charge is 2.23. The minimum absolute atomic E-state index is 0.212. The lowest BCUT2D eigenvalue weighted by Gasteiger charge is -2.25. The number of carbonyl (C=O) groups is 1. The molecule has 0 saturated heterocycles. The van der Waals surface area contributed by atoms with Gasteiger partial charge in [-0.1, -0.05) is 42.3 Å². The number of hydrogen-bond donors (Lipinski definition) is 1. The summed E-state index contributed by atoms with van der Waals surface area (Å²) in [5.41, 5.74) is 1.99. The molecule has 3 rings (SSSR count). The van der Waals surface area contributed by atoms with Crippen molar-refractivity contribution in [2.24, 2.45) is 0 Å². The van der Waals surface area contributed by atoms with Crippen LogP contribution in [0.1, 0.15) is 23.7 Å². The molecular formula is C22H21Cl2N3O2. The molecular weight excluding hydrogens is 409 g/mol. The summed E-state index contributed by atoms with van der Waals surface area (Å²) < 4.78 is 5.94. The van der Waals surface area contributed by atoms with Crippen LogP contribution in [0, 0.1) is 0 Å². The van der Waals surface area contributed by atoms with E-state index in [1.54, 1.807) is 35.4 Å². The third kappa shape index (κ3) is 4.81. The first-order chi connectivity index (χ1) is 14.0. The summed E-state index contributed by atoms with van der Waals surface area (Å²) in [6.45, 7) is 2.57. The lowest BCUT2D eigenvalue weighted by atomic mass is 10.1. The van der Waals surface area contributed by atoms with Crippen LogP contribution in [0.25, 0.3) is 0 Å². The van der Waals surface area contributed by atoms with Gasteiger partial charge in [0, 0.05) is 37.1 Å². The van der Waals surface area contributed by atoms with Crippen LogP contribution in [0.3, 0.4) is 0 Å². The monoisotopic (exact) mass is 429 g/mol. The smallest absolute Gasteiger partial charge is 0.263 e. The molecule has 0 aliphatic rings. The molecule has 1 N–H and O–H groups in total. The second kappa shape index (κ2) is 9.63. The van der Waals surface area contributed by atoms with E-state index >= 15 is 0 Å². The molecule has 7 heteroatoms. The molecule has 0 spiro atoms. The molecule has 1 aromatic heterocycles. The van der Waals surface area contributed by atoms with Crippen molar-refractivity contribution in [1.82, 2.24) is 4.98 Å². The Hall–Kier alpha value is -2.76. The van der Waals surface area contributed by atoms with E-state index in [4.69, 9.17) is 27.9 Å². The highest BCUT2D eigenvalue weighted by atomic mass is 35.5. The molecule has 0 bridgehead atoms. The summed E-state index contributed by atoms with van der Waals surface area (Å²) in [6.07, 6.45) is 3.86. The van der Waals surface area contributed by atoms with Gasteiger partial charge in [-0.25, -0.2) is 0 Å². The topological polar surface area (TPSA) is 54.5 Å². The molecule has 2 aromatic carbocycles. The largest absolute Gasteiger partial charge is 0.455 e. The zero-order valence-corrected chi connectivity index (χ0v) is 17.7. The van der Waals surface area contributed by atoms with Crippen LogP contribution in [0.2, 0.25) is 10.0 Å². The summed E-state index contributed by atoms with van der Waals surface area (Å²) in [5, 5.41) is 4.02. The van der Waals surface area contributed by atoms with Crippen LogP contribution in [-0.4, -0.2) is 24.5 Å². The zero-order valence-electron chi connectivity index (χ0n) is 16.2. The van der Waals surface area contributed by atoms with Gasteiger partial charge in [0.2, 0.25) is 0 Å². The number of halogens is 2. The number of carbonyl (C=O) groups excluding carboxylic acids is 1. The first kappa shape index (κ1) is 21.0. The van der Waals surface area contributed by atoms with Gasteiger partial charge in [-0.05, 0) is 36.8 Å². The van der Waals surface area contributed by atoms with E-state index in [2.05, 4.69) is 10.3 Å². The van der Waals surface area contributed by atoms with Crippen LogP contribution in [0.4, 0.5) is 11.4 Å². The Morgan fingerprint density at radius 2 is 1.93 bits per heavy atom. The van der Waals surface area contributed by atoms with Crippen LogP contribution in [0.15, 0.2) is 60.9 Å². The van der Waals surface area contributed by atoms with E-state index in [0.717, 1.165) is 17.8 Å². The van der Waals surface area contributed by atoms with Gasteiger partial charge in [-0.3, -0.25) is 9.78 Å². The van der Waals surface area contributed by atoms with E-state index in [-0.39, 0.29) is 5.91 Å². The molecule has 0 saturated carbocycles. The van der Waals surface area contributed by atoms with Crippen molar-refractivity contribution in [3.63, 3.8) is 0 Å². The molecule has 150 valence electrons. The first-order valence-electron chi connectivity index (χ1n) is 9.20. The fourth-order valence-corrected chi connectivity index (χ4v) is 3.24. The van der Waals surface area contributed by atoms with E-state index in [1.165, 1.54) is 6.20 Å². The maximum absolute atomic E-state index is 13.5. The van der Waals surface area contributed by atoms with Crippen LogP contribution < -0.4 is 15.0 Å². The van der Waals surface area contributed by atoms with Crippen molar-refractivity contribution in [2.45, 2.75) is 13.3 Å². The summed E-state index contributed by atoms with van der Waals surface area (Å²) in [4.78, 5) is 19.3. The molecule has 0 fully saturated rings. The van der Waals surface area contributed by atoms with Crippen molar-refractivity contribution >= 4 is 40.5 Å². The van der Waals surface area contributed by atoms with Crippen molar-refractivity contribution in [2.75, 3.05) is 23.8 Å². The standard InChI is InChI=1S/C22H21Cl2N3O2/c1-3-12-27(19-7-5-4-6-18(19)25-2)22(28)16-14-26-11-10-20(16)29-21-13-15(23)8-9-17(21)24/h4-11,13-14,25H,3,12H2,1-2H3. The summed E-state index contributed by atoms with van der Waals surface area (Å²) in [5.74, 6) is 0.519. The number of amides is 1. The maximum Gasteiger partial charge on any atom is 0.263 e. The first-order valence-corrected chi connectivity index (χ1v) is 9.96. The lowest BCUT2D eigenvalue weighted by molar-refractivity contribution is 0.0984. The van der Waals surface area contributed by atoms with Crippen LogP contribution in [0.5, 0.6) is 11.5 Å². The minimum Gasteiger partial charge on any atom is -0.455 e. The van der Waals surface area contributed by atoms with Crippen LogP contribution in [-0.2, 0) is 0 Å². The summed E-state index contributed by atoms with van der Waals surface area (Å²) in [7, 11) is 1.83. The number of rotatable bonds is 7. The average Bonchev–Trinajstić information content (AvgIpc) is 2.74. The fraction of sp³-hybridized carbons (Fsp3) is 0.182. The van der Waals surface area contributed by atoms with Crippen LogP contribution >= 0.6 is 23.2 Å². The number of aromatic nitrogens is 1. The maximum atomic E-state index is 13.5. The molecule has 5 nitrogen and oxygen atoms in total. The molecule has 1 amide bonds. The van der Waals surface area contributed by atoms with Crippen molar-refractivity contribution < 1.29 is 9.53 Å².